The van der Waals surface area contributed by atoms with Crippen LogP contribution >= 0.6 is 0 Å². The number of ether oxygens (including phenoxy) is 2. The van der Waals surface area contributed by atoms with Gasteiger partial charge in [0.15, 0.2) is 23.1 Å². The minimum Gasteiger partial charge on any atom is -0.493 e. The van der Waals surface area contributed by atoms with E-state index in [2.05, 4.69) is 0 Å². The fraction of sp³-hybridized carbons (Fsp3) is 0.125. The van der Waals surface area contributed by atoms with Gasteiger partial charge in [-0.25, -0.2) is 0 Å². The van der Waals surface area contributed by atoms with E-state index in [1.54, 1.807) is 30.3 Å². The Hall–Kier alpha value is -5.04. The number of allylic oxidation sites excluding steroid dienone is 1. The van der Waals surface area contributed by atoms with Crippen LogP contribution in [0.3, 0.4) is 0 Å². The van der Waals surface area contributed by atoms with Crippen molar-refractivity contribution in [2.45, 2.75) is 11.8 Å². The van der Waals surface area contributed by atoms with Crippen LogP contribution in [0.1, 0.15) is 49.2 Å². The van der Waals surface area contributed by atoms with Gasteiger partial charge in [0, 0.05) is 34.8 Å². The van der Waals surface area contributed by atoms with Gasteiger partial charge in [-0.3, -0.25) is 19.7 Å². The Kier molecular flexibility index (Phi) is 7.06. The van der Waals surface area contributed by atoms with Crippen LogP contribution in [0, 0.1) is 10.1 Å². The summed E-state index contributed by atoms with van der Waals surface area (Å²) >= 11 is 0. The minimum atomic E-state index is -0.744. The van der Waals surface area contributed by atoms with Crippen LogP contribution in [0.5, 0.6) is 11.5 Å². The molecule has 5 rings (SSSR count). The largest absolute Gasteiger partial charge is 0.493 e. The molecule has 0 radical (unpaired) electrons. The second kappa shape index (κ2) is 10.8. The predicted molar refractivity (Wildman–Crippen MR) is 148 cm³/mol. The summed E-state index contributed by atoms with van der Waals surface area (Å²) in [4.78, 5) is 39.0. The van der Waals surface area contributed by atoms with E-state index in [1.165, 1.54) is 38.5 Å². The lowest BCUT2D eigenvalue weighted by atomic mass is 9.67. The number of carbonyl (C=O) groups is 2. The number of nitro benzene ring substituents is 1. The summed E-state index contributed by atoms with van der Waals surface area (Å²) in [5, 5.41) is 11.2. The summed E-state index contributed by atoms with van der Waals surface area (Å²) in [6.07, 6.45) is 1.79. The molecule has 39 heavy (non-hydrogen) atoms. The van der Waals surface area contributed by atoms with Gasteiger partial charge in [0.1, 0.15) is 0 Å². The molecule has 0 fully saturated rings. The number of nitrogens with zero attached hydrogens (tertiary/aromatic N) is 1. The third kappa shape index (κ3) is 4.82. The fourth-order valence-corrected chi connectivity index (χ4v) is 5.14. The number of Topliss-reactive ketones (excluding diaryl/α,β-unsaturated/α-hetero) is 2. The first-order valence-electron chi connectivity index (χ1n) is 12.3. The predicted octanol–water partition coefficient (Wildman–Crippen LogP) is 6.64. The molecule has 194 valence electrons. The summed E-state index contributed by atoms with van der Waals surface area (Å²) in [7, 11) is 3.06. The molecule has 0 bridgehead atoms. The number of nitro groups is 1. The molecular formula is C32H25NO6. The summed E-state index contributed by atoms with van der Waals surface area (Å²) in [5.74, 6) is -0.866. The Balaban J connectivity index is 1.76. The van der Waals surface area contributed by atoms with Crippen molar-refractivity contribution in [3.8, 4) is 11.5 Å². The highest BCUT2D eigenvalue weighted by molar-refractivity contribution is 6.15. The highest BCUT2D eigenvalue weighted by Crippen LogP contribution is 2.49. The van der Waals surface area contributed by atoms with Gasteiger partial charge >= 0.3 is 0 Å². The molecule has 0 unspecified atom stereocenters. The van der Waals surface area contributed by atoms with Crippen molar-refractivity contribution in [3.05, 3.63) is 141 Å². The Morgan fingerprint density at radius 1 is 0.769 bits per heavy atom. The average molecular weight is 520 g/mol. The van der Waals surface area contributed by atoms with Gasteiger partial charge in [-0.15, -0.1) is 0 Å². The SMILES string of the molecule is COc1cc2c(cc1OC)[C@@H](C(=O)c1ccccc1)[C@H](c1ccccc1)C(C(=O)c1ccc([N+](=O)[O-])cc1)=C2. The van der Waals surface area contributed by atoms with Gasteiger partial charge in [0.2, 0.25) is 0 Å². The van der Waals surface area contributed by atoms with Crippen LogP contribution in [0.4, 0.5) is 5.69 Å². The topological polar surface area (TPSA) is 95.7 Å². The number of hydrogen-bond acceptors (Lipinski definition) is 6. The number of carbonyl (C=O) groups excluding carboxylic acids is 2. The van der Waals surface area contributed by atoms with Crippen molar-refractivity contribution >= 4 is 23.3 Å². The van der Waals surface area contributed by atoms with Crippen LogP contribution in [-0.4, -0.2) is 30.7 Å². The number of rotatable bonds is 8. The van der Waals surface area contributed by atoms with Crippen molar-refractivity contribution in [1.29, 1.82) is 0 Å². The van der Waals surface area contributed by atoms with E-state index in [1.807, 2.05) is 48.5 Å². The van der Waals surface area contributed by atoms with Crippen molar-refractivity contribution in [1.82, 2.24) is 0 Å². The van der Waals surface area contributed by atoms with Gasteiger partial charge < -0.3 is 9.47 Å². The Morgan fingerprint density at radius 3 is 1.95 bits per heavy atom. The first-order chi connectivity index (χ1) is 18.9. The quantitative estimate of drug-likeness (QED) is 0.147. The van der Waals surface area contributed by atoms with Crippen molar-refractivity contribution in [2.24, 2.45) is 0 Å². The number of hydrogen-bond donors (Lipinski definition) is 0. The third-order valence-electron chi connectivity index (χ3n) is 7.01. The van der Waals surface area contributed by atoms with Crippen molar-refractivity contribution in [3.63, 3.8) is 0 Å². The molecule has 4 aromatic rings. The number of benzene rings is 4. The van der Waals surface area contributed by atoms with E-state index in [0.29, 0.717) is 33.8 Å². The van der Waals surface area contributed by atoms with Crippen LogP contribution < -0.4 is 9.47 Å². The van der Waals surface area contributed by atoms with Crippen molar-refractivity contribution in [2.75, 3.05) is 14.2 Å². The van der Waals surface area contributed by atoms with Gasteiger partial charge in [0.25, 0.3) is 5.69 Å². The first-order valence-corrected chi connectivity index (χ1v) is 12.3. The third-order valence-corrected chi connectivity index (χ3v) is 7.01. The molecule has 7 heteroatoms. The number of ketones is 2. The smallest absolute Gasteiger partial charge is 0.269 e. The van der Waals surface area contributed by atoms with E-state index < -0.39 is 16.8 Å². The van der Waals surface area contributed by atoms with E-state index >= 15 is 0 Å². The summed E-state index contributed by atoms with van der Waals surface area (Å²) in [6, 6.07) is 27.5. The molecular weight excluding hydrogens is 494 g/mol. The Morgan fingerprint density at radius 2 is 1.36 bits per heavy atom. The molecule has 0 amide bonds. The van der Waals surface area contributed by atoms with Gasteiger partial charge in [0.05, 0.1) is 25.1 Å². The standard InChI is InChI=1S/C32H25NO6/c1-38-27-18-23-17-26(31(34)22-13-15-24(16-14-22)33(36)37)29(20-9-5-3-6-10-20)30(25(23)19-28(27)39-2)32(35)21-11-7-4-8-12-21/h3-19,29-30H,1-2H3/t29-,30-/m1/s1. The number of fused-ring (bicyclic) bond motifs is 1. The molecule has 1 aliphatic carbocycles. The maximum absolute atomic E-state index is 14.2. The van der Waals surface area contributed by atoms with E-state index in [4.69, 9.17) is 9.47 Å². The zero-order chi connectivity index (χ0) is 27.5. The van der Waals surface area contributed by atoms with E-state index in [-0.39, 0.29) is 17.3 Å². The molecule has 0 saturated carbocycles. The maximum Gasteiger partial charge on any atom is 0.269 e. The summed E-state index contributed by atoms with van der Waals surface area (Å²) in [5.41, 5.74) is 3.30. The highest BCUT2D eigenvalue weighted by Gasteiger charge is 2.41. The molecule has 0 aromatic heterocycles. The number of methoxy groups -OCH3 is 2. The Labute approximate surface area is 225 Å². The summed E-state index contributed by atoms with van der Waals surface area (Å²) in [6.45, 7) is 0. The molecule has 7 nitrogen and oxygen atoms in total. The van der Waals surface area contributed by atoms with E-state index in [0.717, 1.165) is 11.1 Å². The summed E-state index contributed by atoms with van der Waals surface area (Å²) < 4.78 is 11.1. The molecule has 0 spiro atoms. The normalized spacial score (nSPS) is 16.0. The molecule has 4 aromatic carbocycles. The number of non-ortho nitro benzene ring substituents is 1. The maximum atomic E-state index is 14.2. The highest BCUT2D eigenvalue weighted by atomic mass is 16.6. The molecule has 1 aliphatic rings. The lowest BCUT2D eigenvalue weighted by Gasteiger charge is -2.34. The average Bonchev–Trinajstić information content (AvgIpc) is 2.99. The Bertz CT molecular complexity index is 1580. The van der Waals surface area contributed by atoms with Gasteiger partial charge in [-0.2, -0.15) is 0 Å². The van der Waals surface area contributed by atoms with Crippen LogP contribution in [-0.2, 0) is 0 Å². The van der Waals surface area contributed by atoms with E-state index in [9.17, 15) is 19.7 Å². The second-order valence-corrected chi connectivity index (χ2v) is 9.17. The molecule has 2 atom stereocenters. The van der Waals surface area contributed by atoms with Crippen LogP contribution in [0.25, 0.3) is 6.08 Å². The zero-order valence-corrected chi connectivity index (χ0v) is 21.4. The zero-order valence-electron chi connectivity index (χ0n) is 21.4. The minimum absolute atomic E-state index is 0.108. The molecule has 0 N–H and O–H groups in total. The monoisotopic (exact) mass is 519 g/mol. The van der Waals surface area contributed by atoms with Crippen LogP contribution in [0.2, 0.25) is 0 Å². The fourth-order valence-electron chi connectivity index (χ4n) is 5.14. The molecule has 0 saturated heterocycles. The molecule has 0 heterocycles. The molecule has 0 aliphatic heterocycles. The lowest BCUT2D eigenvalue weighted by Crippen LogP contribution is -2.28. The van der Waals surface area contributed by atoms with Crippen LogP contribution in [0.15, 0.2) is 103 Å². The first kappa shape index (κ1) is 25.6. The van der Waals surface area contributed by atoms with Gasteiger partial charge in [-0.1, -0.05) is 60.7 Å². The van der Waals surface area contributed by atoms with Gasteiger partial charge in [-0.05, 0) is 47.0 Å². The second-order valence-electron chi connectivity index (χ2n) is 9.17. The lowest BCUT2D eigenvalue weighted by molar-refractivity contribution is -0.384. The van der Waals surface area contributed by atoms with Crippen molar-refractivity contribution < 1.29 is 24.0 Å².